The van der Waals surface area contributed by atoms with E-state index in [1.165, 1.54) is 25.3 Å². The van der Waals surface area contributed by atoms with E-state index in [1.54, 1.807) is 0 Å². The molecule has 0 radical (unpaired) electrons. The Kier molecular flexibility index (Phi) is 5.36. The molecule has 126 valence electrons. The Hall–Kier alpha value is -3.09. The van der Waals surface area contributed by atoms with Gasteiger partial charge in [-0.15, -0.1) is 0 Å². The van der Waals surface area contributed by atoms with Gasteiger partial charge >= 0.3 is 5.69 Å². The van der Waals surface area contributed by atoms with Crippen LogP contribution in [0.25, 0.3) is 0 Å². The molecule has 2 rings (SSSR count). The zero-order valence-corrected chi connectivity index (χ0v) is 13.7. The van der Waals surface area contributed by atoms with Crippen molar-refractivity contribution in [3.05, 3.63) is 57.6 Å². The molecule has 0 heterocycles. The number of nitrogens with zero attached hydrogens (tertiary/aromatic N) is 1. The Balaban J connectivity index is 2.01. The molecule has 0 fully saturated rings. The molecule has 0 saturated carbocycles. The number of carbonyl (C=O) groups excluding carboxylic acids is 1. The van der Waals surface area contributed by atoms with Crippen molar-refractivity contribution in [2.45, 2.75) is 13.8 Å². The quantitative estimate of drug-likeness (QED) is 0.648. The molecule has 2 aromatic rings. The van der Waals surface area contributed by atoms with Crippen LogP contribution in [0.5, 0.6) is 11.5 Å². The summed E-state index contributed by atoms with van der Waals surface area (Å²) in [6, 6.07) is 9.84. The van der Waals surface area contributed by atoms with Gasteiger partial charge in [-0.25, -0.2) is 0 Å². The van der Waals surface area contributed by atoms with E-state index in [0.717, 1.165) is 16.8 Å². The lowest BCUT2D eigenvalue weighted by Crippen LogP contribution is -2.20. The van der Waals surface area contributed by atoms with Crippen molar-refractivity contribution in [2.24, 2.45) is 0 Å². The van der Waals surface area contributed by atoms with Gasteiger partial charge in [0.05, 0.1) is 12.0 Å². The topological polar surface area (TPSA) is 90.7 Å². The molecule has 7 heteroatoms. The van der Waals surface area contributed by atoms with Crippen LogP contribution in [0.1, 0.15) is 11.1 Å². The van der Waals surface area contributed by atoms with Gasteiger partial charge in [0.1, 0.15) is 5.75 Å². The van der Waals surface area contributed by atoms with Crippen LogP contribution in [0.3, 0.4) is 0 Å². The third-order valence-corrected chi connectivity index (χ3v) is 3.38. The summed E-state index contributed by atoms with van der Waals surface area (Å²) in [6.45, 7) is 3.63. The number of hydrogen-bond acceptors (Lipinski definition) is 5. The van der Waals surface area contributed by atoms with Crippen molar-refractivity contribution in [3.8, 4) is 11.5 Å². The van der Waals surface area contributed by atoms with Gasteiger partial charge in [0.25, 0.3) is 5.91 Å². The Morgan fingerprint density at radius 2 is 1.96 bits per heavy atom. The molecule has 0 aliphatic heterocycles. The molecule has 0 bridgehead atoms. The molecule has 0 atom stereocenters. The molecular weight excluding hydrogens is 312 g/mol. The van der Waals surface area contributed by atoms with E-state index in [2.05, 4.69) is 5.32 Å². The summed E-state index contributed by atoms with van der Waals surface area (Å²) >= 11 is 0. The summed E-state index contributed by atoms with van der Waals surface area (Å²) in [5.41, 5.74) is 2.55. The van der Waals surface area contributed by atoms with E-state index in [1.807, 2.05) is 32.0 Å². The number of amides is 1. The lowest BCUT2D eigenvalue weighted by Gasteiger charge is -2.11. The molecule has 0 aliphatic carbocycles. The van der Waals surface area contributed by atoms with E-state index in [9.17, 15) is 14.9 Å². The normalized spacial score (nSPS) is 10.1. The number of nitro groups is 1. The predicted molar refractivity (Wildman–Crippen MR) is 89.7 cm³/mol. The fraction of sp³-hybridized carbons (Fsp3) is 0.235. The molecule has 0 saturated heterocycles. The maximum absolute atomic E-state index is 12.0. The number of aryl methyl sites for hydroxylation is 2. The first-order valence-electron chi connectivity index (χ1n) is 7.23. The molecule has 1 N–H and O–H groups in total. The van der Waals surface area contributed by atoms with Gasteiger partial charge in [0.15, 0.2) is 6.61 Å². The Bertz CT molecular complexity index is 774. The van der Waals surface area contributed by atoms with Gasteiger partial charge in [-0.3, -0.25) is 14.9 Å². The lowest BCUT2D eigenvalue weighted by molar-refractivity contribution is -0.385. The number of nitro benzene ring substituents is 1. The van der Waals surface area contributed by atoms with Crippen molar-refractivity contribution in [2.75, 3.05) is 19.0 Å². The number of benzene rings is 2. The van der Waals surface area contributed by atoms with E-state index in [-0.39, 0.29) is 24.0 Å². The van der Waals surface area contributed by atoms with E-state index in [4.69, 9.17) is 9.47 Å². The second-order valence-electron chi connectivity index (χ2n) is 5.25. The molecule has 0 aliphatic rings. The van der Waals surface area contributed by atoms with Crippen LogP contribution in [0.15, 0.2) is 36.4 Å². The largest absolute Gasteiger partial charge is 0.490 e. The number of nitrogens with one attached hydrogen (secondary N) is 1. The number of methoxy groups -OCH3 is 1. The summed E-state index contributed by atoms with van der Waals surface area (Å²) in [6.07, 6.45) is 0. The smallest absolute Gasteiger partial charge is 0.311 e. The Labute approximate surface area is 139 Å². The number of rotatable bonds is 6. The summed E-state index contributed by atoms with van der Waals surface area (Å²) in [7, 11) is 1.33. The van der Waals surface area contributed by atoms with Crippen molar-refractivity contribution < 1.29 is 19.2 Å². The van der Waals surface area contributed by atoms with Crippen LogP contribution < -0.4 is 14.8 Å². The van der Waals surface area contributed by atoms with Gasteiger partial charge in [0.2, 0.25) is 5.75 Å². The first kappa shape index (κ1) is 17.3. The second kappa shape index (κ2) is 7.45. The molecule has 2 aromatic carbocycles. The maximum atomic E-state index is 12.0. The first-order chi connectivity index (χ1) is 11.4. The minimum atomic E-state index is -0.546. The molecule has 1 amide bonds. The van der Waals surface area contributed by atoms with Crippen LogP contribution in [-0.2, 0) is 4.79 Å². The van der Waals surface area contributed by atoms with Crippen LogP contribution in [-0.4, -0.2) is 24.5 Å². The summed E-state index contributed by atoms with van der Waals surface area (Å²) < 4.78 is 10.3. The lowest BCUT2D eigenvalue weighted by atomic mass is 10.1. The number of hydrogen-bond donors (Lipinski definition) is 1. The summed E-state index contributed by atoms with van der Waals surface area (Å²) in [5, 5.41) is 13.6. The highest BCUT2D eigenvalue weighted by Crippen LogP contribution is 2.30. The van der Waals surface area contributed by atoms with Crippen molar-refractivity contribution in [1.82, 2.24) is 0 Å². The number of anilines is 1. The molecule has 0 spiro atoms. The molecule has 24 heavy (non-hydrogen) atoms. The summed E-state index contributed by atoms with van der Waals surface area (Å²) in [4.78, 5) is 22.3. The minimum absolute atomic E-state index is 0.0763. The van der Waals surface area contributed by atoms with Crippen LogP contribution in [0.4, 0.5) is 11.4 Å². The van der Waals surface area contributed by atoms with Crippen LogP contribution >= 0.6 is 0 Å². The fourth-order valence-electron chi connectivity index (χ4n) is 2.10. The Morgan fingerprint density at radius 3 is 2.62 bits per heavy atom. The van der Waals surface area contributed by atoms with E-state index < -0.39 is 4.92 Å². The van der Waals surface area contributed by atoms with E-state index >= 15 is 0 Å². The third kappa shape index (κ3) is 4.22. The van der Waals surface area contributed by atoms with Gasteiger partial charge in [-0.2, -0.15) is 0 Å². The fourth-order valence-corrected chi connectivity index (χ4v) is 2.10. The predicted octanol–water partition coefficient (Wildman–Crippen LogP) is 3.24. The molecule has 7 nitrogen and oxygen atoms in total. The number of ether oxygens (including phenoxy) is 2. The van der Waals surface area contributed by atoms with Crippen molar-refractivity contribution in [1.29, 1.82) is 0 Å². The van der Waals surface area contributed by atoms with Crippen molar-refractivity contribution >= 4 is 17.3 Å². The number of carbonyl (C=O) groups is 1. The average Bonchev–Trinajstić information content (AvgIpc) is 2.55. The van der Waals surface area contributed by atoms with Gasteiger partial charge < -0.3 is 14.8 Å². The zero-order valence-electron chi connectivity index (χ0n) is 13.7. The molecular formula is C17H18N2O5. The van der Waals surface area contributed by atoms with Gasteiger partial charge in [-0.05, 0) is 37.1 Å². The van der Waals surface area contributed by atoms with Crippen LogP contribution in [0.2, 0.25) is 0 Å². The van der Waals surface area contributed by atoms with Crippen molar-refractivity contribution in [3.63, 3.8) is 0 Å². The molecule has 0 aromatic heterocycles. The van der Waals surface area contributed by atoms with E-state index in [0.29, 0.717) is 5.75 Å². The highest BCUT2D eigenvalue weighted by Gasteiger charge is 2.15. The standard InChI is InChI=1S/C17H18N2O5/c1-11-4-5-12(2)14(8-11)18-17(20)10-24-13-6-7-15(19(21)22)16(9-13)23-3/h4-9H,10H2,1-3H3,(H,18,20). The highest BCUT2D eigenvalue weighted by molar-refractivity contribution is 5.92. The average molecular weight is 330 g/mol. The third-order valence-electron chi connectivity index (χ3n) is 3.38. The van der Waals surface area contributed by atoms with Gasteiger partial charge in [-0.1, -0.05) is 12.1 Å². The first-order valence-corrected chi connectivity index (χ1v) is 7.23. The summed E-state index contributed by atoms with van der Waals surface area (Å²) in [5.74, 6) is 0.0713. The zero-order chi connectivity index (χ0) is 17.7. The highest BCUT2D eigenvalue weighted by atomic mass is 16.6. The molecule has 0 unspecified atom stereocenters. The Morgan fingerprint density at radius 1 is 1.21 bits per heavy atom. The maximum Gasteiger partial charge on any atom is 0.311 e. The second-order valence-corrected chi connectivity index (χ2v) is 5.25. The van der Waals surface area contributed by atoms with Gasteiger partial charge in [0, 0.05) is 17.8 Å². The monoisotopic (exact) mass is 330 g/mol. The SMILES string of the molecule is COc1cc(OCC(=O)Nc2cc(C)ccc2C)ccc1[N+](=O)[O-]. The minimum Gasteiger partial charge on any atom is -0.490 e. The van der Waals surface area contributed by atoms with Crippen LogP contribution in [0, 0.1) is 24.0 Å².